The quantitative estimate of drug-likeness (QED) is 0.740. The molecular formula is C20H18Cl2F2N2O3. The lowest BCUT2D eigenvalue weighted by atomic mass is 10.1. The largest absolute Gasteiger partial charge is 0.387 e. The highest BCUT2D eigenvalue weighted by Gasteiger charge is 2.35. The van der Waals surface area contributed by atoms with Crippen molar-refractivity contribution in [1.82, 2.24) is 10.2 Å². The normalized spacial score (nSPS) is 17.3. The fraction of sp³-hybridized carbons (Fsp3) is 0.300. The van der Waals surface area contributed by atoms with Crippen molar-refractivity contribution in [2.24, 2.45) is 0 Å². The first kappa shape index (κ1) is 21.5. The summed E-state index contributed by atoms with van der Waals surface area (Å²) in [5.74, 6) is -2.96. The highest BCUT2D eigenvalue weighted by atomic mass is 35.5. The number of aliphatic hydroxyl groups excluding tert-OH is 1. The van der Waals surface area contributed by atoms with E-state index >= 15 is 0 Å². The zero-order valence-corrected chi connectivity index (χ0v) is 16.7. The average Bonchev–Trinajstić information content (AvgIpc) is 3.19. The van der Waals surface area contributed by atoms with Crippen molar-refractivity contribution >= 4 is 35.0 Å². The number of benzene rings is 2. The van der Waals surface area contributed by atoms with Gasteiger partial charge < -0.3 is 15.3 Å². The van der Waals surface area contributed by atoms with Gasteiger partial charge in [0.05, 0.1) is 16.7 Å². The Morgan fingerprint density at radius 3 is 2.66 bits per heavy atom. The molecule has 154 valence electrons. The zero-order valence-electron chi connectivity index (χ0n) is 15.2. The molecule has 1 aliphatic heterocycles. The molecule has 0 aromatic heterocycles. The maximum absolute atomic E-state index is 13.3. The first-order chi connectivity index (χ1) is 13.8. The van der Waals surface area contributed by atoms with Gasteiger partial charge in [0.25, 0.3) is 5.91 Å². The SMILES string of the molecule is O=C(NCC(O)c1ccc(F)c(F)c1)C1CCCN1C(=O)c1cc(Cl)ccc1Cl. The second-order valence-corrected chi connectivity index (χ2v) is 7.56. The monoisotopic (exact) mass is 442 g/mol. The van der Waals surface area contributed by atoms with Gasteiger partial charge in [-0.3, -0.25) is 9.59 Å². The molecule has 0 radical (unpaired) electrons. The smallest absolute Gasteiger partial charge is 0.256 e. The number of carbonyl (C=O) groups is 2. The predicted molar refractivity (Wildman–Crippen MR) is 105 cm³/mol. The Hall–Kier alpha value is -2.22. The van der Waals surface area contributed by atoms with E-state index in [1.165, 1.54) is 23.1 Å². The third-order valence-electron chi connectivity index (χ3n) is 4.77. The molecule has 0 bridgehead atoms. The number of likely N-dealkylation sites (tertiary alicyclic amines) is 1. The first-order valence-corrected chi connectivity index (χ1v) is 9.70. The second kappa shape index (κ2) is 9.07. The van der Waals surface area contributed by atoms with Gasteiger partial charge in [0.1, 0.15) is 6.04 Å². The van der Waals surface area contributed by atoms with Crippen LogP contribution in [0.15, 0.2) is 36.4 Å². The summed E-state index contributed by atoms with van der Waals surface area (Å²) in [5, 5.41) is 13.3. The van der Waals surface area contributed by atoms with Crippen LogP contribution in [0.1, 0.15) is 34.9 Å². The summed E-state index contributed by atoms with van der Waals surface area (Å²) in [4.78, 5) is 26.8. The van der Waals surface area contributed by atoms with Gasteiger partial charge in [-0.1, -0.05) is 29.3 Å². The standard InChI is InChI=1S/C20H18Cl2F2N2O3/c21-12-4-5-14(22)13(9-12)20(29)26-7-1-2-17(26)19(28)25-10-18(27)11-3-6-15(23)16(24)8-11/h3-6,8-9,17-18,27H,1-2,7,10H2,(H,25,28). The first-order valence-electron chi connectivity index (χ1n) is 8.94. The molecule has 0 aliphatic carbocycles. The van der Waals surface area contributed by atoms with Crippen LogP contribution in [0, 0.1) is 11.6 Å². The molecular weight excluding hydrogens is 425 g/mol. The van der Waals surface area contributed by atoms with Gasteiger partial charge >= 0.3 is 0 Å². The van der Waals surface area contributed by atoms with E-state index in [1.807, 2.05) is 0 Å². The van der Waals surface area contributed by atoms with Crippen molar-refractivity contribution in [3.63, 3.8) is 0 Å². The molecule has 2 aromatic carbocycles. The summed E-state index contributed by atoms with van der Waals surface area (Å²) >= 11 is 12.0. The van der Waals surface area contributed by atoms with Crippen molar-refractivity contribution in [3.8, 4) is 0 Å². The van der Waals surface area contributed by atoms with E-state index in [-0.39, 0.29) is 22.7 Å². The summed E-state index contributed by atoms with van der Waals surface area (Å²) < 4.78 is 26.3. The van der Waals surface area contributed by atoms with Gasteiger partial charge in [-0.15, -0.1) is 0 Å². The van der Waals surface area contributed by atoms with Crippen LogP contribution in [0.5, 0.6) is 0 Å². The van der Waals surface area contributed by atoms with E-state index in [0.29, 0.717) is 24.4 Å². The number of nitrogens with one attached hydrogen (secondary N) is 1. The maximum Gasteiger partial charge on any atom is 0.256 e. The van der Waals surface area contributed by atoms with Crippen LogP contribution < -0.4 is 5.32 Å². The van der Waals surface area contributed by atoms with Crippen LogP contribution in [0.4, 0.5) is 8.78 Å². The average molecular weight is 443 g/mol. The number of amides is 2. The molecule has 1 heterocycles. The fourth-order valence-electron chi connectivity index (χ4n) is 3.25. The Kier molecular flexibility index (Phi) is 6.72. The molecule has 2 unspecified atom stereocenters. The zero-order chi connectivity index (χ0) is 21.1. The van der Waals surface area contributed by atoms with E-state index in [0.717, 1.165) is 12.1 Å². The minimum absolute atomic E-state index is 0.134. The van der Waals surface area contributed by atoms with Crippen LogP contribution in [-0.4, -0.2) is 41.0 Å². The highest BCUT2D eigenvalue weighted by Crippen LogP contribution is 2.26. The summed E-state index contributed by atoms with van der Waals surface area (Å²) in [6.45, 7) is 0.172. The van der Waals surface area contributed by atoms with Crippen molar-refractivity contribution in [3.05, 3.63) is 69.2 Å². The lowest BCUT2D eigenvalue weighted by Gasteiger charge is -2.25. The van der Waals surface area contributed by atoms with E-state index in [4.69, 9.17) is 23.2 Å². The molecule has 2 amide bonds. The molecule has 9 heteroatoms. The summed E-state index contributed by atoms with van der Waals surface area (Å²) in [6.07, 6.45) is -0.132. The van der Waals surface area contributed by atoms with E-state index in [9.17, 15) is 23.5 Å². The third kappa shape index (κ3) is 4.86. The summed E-state index contributed by atoms with van der Waals surface area (Å²) in [7, 11) is 0. The maximum atomic E-state index is 13.3. The molecule has 1 aliphatic rings. The topological polar surface area (TPSA) is 69.6 Å². The molecule has 0 saturated carbocycles. The van der Waals surface area contributed by atoms with Gasteiger partial charge in [0, 0.05) is 18.1 Å². The van der Waals surface area contributed by atoms with Crippen molar-refractivity contribution < 1.29 is 23.5 Å². The van der Waals surface area contributed by atoms with Gasteiger partial charge in [-0.05, 0) is 48.7 Å². The Morgan fingerprint density at radius 2 is 1.93 bits per heavy atom. The van der Waals surface area contributed by atoms with Crippen LogP contribution in [-0.2, 0) is 4.79 Å². The van der Waals surface area contributed by atoms with Gasteiger partial charge in [-0.25, -0.2) is 8.78 Å². The summed E-state index contributed by atoms with van der Waals surface area (Å²) in [5.41, 5.74) is 0.343. The van der Waals surface area contributed by atoms with Crippen LogP contribution >= 0.6 is 23.2 Å². The number of halogens is 4. The number of hydrogen-bond donors (Lipinski definition) is 2. The molecule has 2 aromatic rings. The molecule has 5 nitrogen and oxygen atoms in total. The van der Waals surface area contributed by atoms with E-state index in [2.05, 4.69) is 5.32 Å². The lowest BCUT2D eigenvalue weighted by Crippen LogP contribution is -2.46. The second-order valence-electron chi connectivity index (χ2n) is 6.72. The van der Waals surface area contributed by atoms with Crippen LogP contribution in [0.3, 0.4) is 0 Å². The Labute approximate surface area is 176 Å². The van der Waals surface area contributed by atoms with E-state index < -0.39 is 35.6 Å². The minimum Gasteiger partial charge on any atom is -0.387 e. The van der Waals surface area contributed by atoms with Crippen molar-refractivity contribution in [2.75, 3.05) is 13.1 Å². The molecule has 1 saturated heterocycles. The molecule has 1 fully saturated rings. The molecule has 2 atom stereocenters. The fourth-order valence-corrected chi connectivity index (χ4v) is 3.62. The van der Waals surface area contributed by atoms with Crippen molar-refractivity contribution in [1.29, 1.82) is 0 Å². The van der Waals surface area contributed by atoms with Crippen LogP contribution in [0.25, 0.3) is 0 Å². The van der Waals surface area contributed by atoms with Gasteiger partial charge in [0.15, 0.2) is 11.6 Å². The Bertz CT molecular complexity index is 942. The van der Waals surface area contributed by atoms with Crippen LogP contribution in [0.2, 0.25) is 10.0 Å². The van der Waals surface area contributed by atoms with Crippen molar-refractivity contribution in [2.45, 2.75) is 25.0 Å². The minimum atomic E-state index is -1.22. The Morgan fingerprint density at radius 1 is 1.17 bits per heavy atom. The predicted octanol–water partition coefficient (Wildman–Crippen LogP) is 3.73. The number of rotatable bonds is 5. The number of hydrogen-bond acceptors (Lipinski definition) is 3. The molecule has 0 spiro atoms. The Balaban J connectivity index is 1.66. The number of aliphatic hydroxyl groups is 1. The third-order valence-corrected chi connectivity index (χ3v) is 5.34. The van der Waals surface area contributed by atoms with Gasteiger partial charge in [0.2, 0.25) is 5.91 Å². The van der Waals surface area contributed by atoms with Gasteiger partial charge in [-0.2, -0.15) is 0 Å². The highest BCUT2D eigenvalue weighted by molar-refractivity contribution is 6.35. The van der Waals surface area contributed by atoms with E-state index in [1.54, 1.807) is 6.07 Å². The summed E-state index contributed by atoms with van der Waals surface area (Å²) in [6, 6.07) is 6.82. The molecule has 29 heavy (non-hydrogen) atoms. The number of carbonyl (C=O) groups excluding carboxylic acids is 2. The lowest BCUT2D eigenvalue weighted by molar-refractivity contribution is -0.125. The molecule has 2 N–H and O–H groups in total. The number of nitrogens with zero attached hydrogens (tertiary/aromatic N) is 1. The molecule has 3 rings (SSSR count).